The molecule has 2 amide bonds. The zero-order valence-electron chi connectivity index (χ0n) is 17.2. The Hall–Kier alpha value is -2.50. The number of fused-ring (bicyclic) bond motifs is 2. The number of nitrogens with two attached hydrogens (primary N) is 1. The van der Waals surface area contributed by atoms with Gasteiger partial charge in [0.25, 0.3) is 0 Å². The van der Waals surface area contributed by atoms with Crippen molar-refractivity contribution in [3.8, 4) is 5.88 Å². The molecule has 11 heteroatoms. The smallest absolute Gasteiger partial charge is 0.354 e. The summed E-state index contributed by atoms with van der Waals surface area (Å²) in [4.78, 5) is 17.5. The van der Waals surface area contributed by atoms with Crippen LogP contribution in [-0.2, 0) is 29.3 Å². The van der Waals surface area contributed by atoms with Crippen LogP contribution in [0, 0.1) is 6.92 Å². The molecule has 2 unspecified atom stereocenters. The molecule has 4 rings (SSSR count). The first-order valence-corrected chi connectivity index (χ1v) is 11.5. The maximum absolute atomic E-state index is 13.0. The summed E-state index contributed by atoms with van der Waals surface area (Å²) in [5.41, 5.74) is 4.49. The number of amides is 2. The van der Waals surface area contributed by atoms with Gasteiger partial charge in [-0.1, -0.05) is 13.8 Å². The lowest BCUT2D eigenvalue weighted by Gasteiger charge is -2.20. The van der Waals surface area contributed by atoms with E-state index in [1.165, 1.54) is 10.9 Å². The number of aliphatic hydroxyl groups excluding tert-OH is 1. The van der Waals surface area contributed by atoms with E-state index in [-0.39, 0.29) is 29.8 Å². The van der Waals surface area contributed by atoms with E-state index in [1.807, 2.05) is 6.92 Å². The predicted molar refractivity (Wildman–Crippen MR) is 111 cm³/mol. The number of aryl methyl sites for hydroxylation is 1. The van der Waals surface area contributed by atoms with Gasteiger partial charge in [0.05, 0.1) is 18.4 Å². The van der Waals surface area contributed by atoms with Gasteiger partial charge in [0.2, 0.25) is 5.88 Å². The number of nitrogens with zero attached hydrogens (tertiary/aromatic N) is 4. The normalized spacial score (nSPS) is 19.6. The fraction of sp³-hybridized carbons (Fsp3) is 0.526. The molecule has 0 saturated heterocycles. The van der Waals surface area contributed by atoms with Gasteiger partial charge in [-0.05, 0) is 43.2 Å². The van der Waals surface area contributed by atoms with Gasteiger partial charge in [-0.3, -0.25) is 4.98 Å². The Balaban J connectivity index is 1.67. The molecule has 0 radical (unpaired) electrons. The number of aromatic nitrogens is 3. The third-order valence-electron chi connectivity index (χ3n) is 5.37. The van der Waals surface area contributed by atoms with Crippen LogP contribution in [0.2, 0.25) is 0 Å². The summed E-state index contributed by atoms with van der Waals surface area (Å²) in [5.74, 6) is 0.362. The van der Waals surface area contributed by atoms with E-state index in [9.17, 15) is 14.1 Å². The predicted octanol–water partition coefficient (Wildman–Crippen LogP) is 1.88. The van der Waals surface area contributed by atoms with Crippen molar-refractivity contribution in [1.29, 1.82) is 0 Å². The number of hydrogen-bond donors (Lipinski definition) is 3. The van der Waals surface area contributed by atoms with Crippen molar-refractivity contribution in [3.05, 3.63) is 28.7 Å². The van der Waals surface area contributed by atoms with E-state index < -0.39 is 22.1 Å². The molecule has 0 aromatic carbocycles. The Morgan fingerprint density at radius 3 is 2.97 bits per heavy atom. The van der Waals surface area contributed by atoms with Crippen LogP contribution in [0.3, 0.4) is 0 Å². The van der Waals surface area contributed by atoms with Crippen LogP contribution < -0.4 is 15.2 Å². The highest BCUT2D eigenvalue weighted by Crippen LogP contribution is 2.35. The second kappa shape index (κ2) is 7.64. The summed E-state index contributed by atoms with van der Waals surface area (Å²) in [6, 6.07) is -0.795. The fourth-order valence-electron chi connectivity index (χ4n) is 4.00. The second-order valence-electron chi connectivity index (χ2n) is 7.98. The van der Waals surface area contributed by atoms with Gasteiger partial charge in [-0.2, -0.15) is 5.10 Å². The highest BCUT2D eigenvalue weighted by Gasteiger charge is 2.28. The van der Waals surface area contributed by atoms with E-state index in [1.54, 1.807) is 0 Å². The first-order valence-electron chi connectivity index (χ1n) is 9.92. The number of anilines is 1. The number of aliphatic hydroxyl groups is 1. The number of rotatable bonds is 3. The molecule has 3 heterocycles. The van der Waals surface area contributed by atoms with Crippen LogP contribution in [0.25, 0.3) is 0 Å². The molecular formula is C19H26N6O4S. The van der Waals surface area contributed by atoms with Gasteiger partial charge in [0.15, 0.2) is 9.92 Å². The van der Waals surface area contributed by atoms with Crippen molar-refractivity contribution >= 4 is 21.6 Å². The second-order valence-corrected chi connectivity index (χ2v) is 9.74. The van der Waals surface area contributed by atoms with Crippen molar-refractivity contribution in [2.75, 3.05) is 11.9 Å². The lowest BCUT2D eigenvalue weighted by molar-refractivity contribution is 0.0538. The highest BCUT2D eigenvalue weighted by molar-refractivity contribution is 7.91. The van der Waals surface area contributed by atoms with E-state index in [2.05, 4.69) is 28.6 Å². The molecule has 0 spiro atoms. The Kier molecular flexibility index (Phi) is 5.28. The minimum Gasteiger partial charge on any atom is -0.474 e. The molecule has 2 aromatic rings. The standard InChI is InChI=1S/C19H26N6O4S/c1-10(2)16-11(3)17(13-5-4-6-14(13)22-16)23-19(27)24-30(20,28)15-7-21-25-8-12(26)9-29-18(15)25/h7,10,12,26H,4-6,8-9H2,1-3H3,(H3,20,22,23,24,27,28). The number of pyridine rings is 1. The quantitative estimate of drug-likeness (QED) is 0.673. The van der Waals surface area contributed by atoms with Crippen molar-refractivity contribution in [1.82, 2.24) is 14.8 Å². The lowest BCUT2D eigenvalue weighted by atomic mass is 9.99. The van der Waals surface area contributed by atoms with Gasteiger partial charge in [0.1, 0.15) is 17.6 Å². The minimum absolute atomic E-state index is 0.0285. The number of carbonyl (C=O) groups excluding carboxylic acids is 1. The van der Waals surface area contributed by atoms with Crippen LogP contribution in [0.1, 0.15) is 48.7 Å². The Bertz CT molecular complexity index is 1130. The molecule has 10 nitrogen and oxygen atoms in total. The monoisotopic (exact) mass is 434 g/mol. The summed E-state index contributed by atoms with van der Waals surface area (Å²) in [7, 11) is -3.59. The van der Waals surface area contributed by atoms with Crippen LogP contribution in [-0.4, -0.2) is 42.8 Å². The third-order valence-corrected chi connectivity index (χ3v) is 6.72. The molecule has 30 heavy (non-hydrogen) atoms. The fourth-order valence-corrected chi connectivity index (χ4v) is 5.00. The average Bonchev–Trinajstić information content (AvgIpc) is 3.29. The summed E-state index contributed by atoms with van der Waals surface area (Å²) in [6.07, 6.45) is 3.21. The molecule has 0 saturated carbocycles. The summed E-state index contributed by atoms with van der Waals surface area (Å²) >= 11 is 0. The maximum Gasteiger partial charge on any atom is 0.354 e. The van der Waals surface area contributed by atoms with Crippen LogP contribution >= 0.6 is 0 Å². The van der Waals surface area contributed by atoms with Gasteiger partial charge in [-0.15, -0.1) is 4.36 Å². The van der Waals surface area contributed by atoms with Crippen molar-refractivity contribution in [2.45, 2.75) is 63.5 Å². The molecule has 1 aliphatic carbocycles. The molecular weight excluding hydrogens is 408 g/mol. The van der Waals surface area contributed by atoms with Gasteiger partial charge >= 0.3 is 6.03 Å². The molecule has 0 fully saturated rings. The Morgan fingerprint density at radius 1 is 1.47 bits per heavy atom. The molecule has 162 valence electrons. The summed E-state index contributed by atoms with van der Waals surface area (Å²) < 4.78 is 23.6. The topological polar surface area (TPSA) is 145 Å². The summed E-state index contributed by atoms with van der Waals surface area (Å²) in [5, 5.41) is 22.4. The van der Waals surface area contributed by atoms with E-state index in [0.29, 0.717) is 5.69 Å². The van der Waals surface area contributed by atoms with Crippen molar-refractivity contribution < 1.29 is 18.8 Å². The molecule has 1 aliphatic heterocycles. The van der Waals surface area contributed by atoms with Gasteiger partial charge in [-0.25, -0.2) is 18.8 Å². The molecule has 0 bridgehead atoms. The van der Waals surface area contributed by atoms with E-state index >= 15 is 0 Å². The van der Waals surface area contributed by atoms with Crippen LogP contribution in [0.4, 0.5) is 10.5 Å². The zero-order valence-corrected chi connectivity index (χ0v) is 18.0. The lowest BCUT2D eigenvalue weighted by Crippen LogP contribution is -2.31. The van der Waals surface area contributed by atoms with E-state index in [0.717, 1.165) is 41.8 Å². The van der Waals surface area contributed by atoms with Crippen LogP contribution in [0.15, 0.2) is 15.5 Å². The number of urea groups is 1. The number of carbonyl (C=O) groups is 1. The van der Waals surface area contributed by atoms with Gasteiger partial charge < -0.3 is 15.2 Å². The molecule has 4 N–H and O–H groups in total. The van der Waals surface area contributed by atoms with Gasteiger partial charge in [0, 0.05) is 11.4 Å². The summed E-state index contributed by atoms with van der Waals surface area (Å²) in [6.45, 7) is 6.25. The first kappa shape index (κ1) is 20.8. The minimum atomic E-state index is -3.59. The average molecular weight is 435 g/mol. The van der Waals surface area contributed by atoms with E-state index in [4.69, 9.17) is 14.9 Å². The number of hydrogen-bond acceptors (Lipinski definition) is 6. The molecule has 2 aromatic heterocycles. The first-order chi connectivity index (χ1) is 14.2. The molecule has 2 atom stereocenters. The Morgan fingerprint density at radius 2 is 2.23 bits per heavy atom. The number of ether oxygens (including phenoxy) is 1. The number of nitrogens with one attached hydrogen (secondary N) is 1. The SMILES string of the molecule is Cc1c(C(C)C)nc2c(c1NC(=O)N=S(N)(=O)c1cnn3c1OCC(O)C3)CCC2. The highest BCUT2D eigenvalue weighted by atomic mass is 32.2. The van der Waals surface area contributed by atoms with Crippen LogP contribution in [0.5, 0.6) is 5.88 Å². The maximum atomic E-state index is 13.0. The largest absolute Gasteiger partial charge is 0.474 e. The van der Waals surface area contributed by atoms with Crippen molar-refractivity contribution in [3.63, 3.8) is 0 Å². The van der Waals surface area contributed by atoms with Crippen molar-refractivity contribution in [2.24, 2.45) is 9.50 Å². The zero-order chi connectivity index (χ0) is 21.6. The molecule has 2 aliphatic rings. The third kappa shape index (κ3) is 3.68. The Labute approximate surface area is 175 Å².